The number of anilines is 1. The normalized spacial score (nSPS) is 18.4. The number of pyridine rings is 1. The van der Waals surface area contributed by atoms with Crippen LogP contribution in [0.1, 0.15) is 42.0 Å². The van der Waals surface area contributed by atoms with E-state index < -0.39 is 23.9 Å². The molecule has 2 aliphatic rings. The molecule has 1 fully saturated rings. The van der Waals surface area contributed by atoms with Crippen LogP contribution in [0.25, 0.3) is 11.0 Å². The fraction of sp³-hybridized carbons (Fsp3) is 0.333. The summed E-state index contributed by atoms with van der Waals surface area (Å²) < 4.78 is 44.8. The molecule has 5 rings (SSSR count). The van der Waals surface area contributed by atoms with Gasteiger partial charge in [-0.2, -0.15) is 18.3 Å². The van der Waals surface area contributed by atoms with Crippen LogP contribution in [0.5, 0.6) is 5.75 Å². The van der Waals surface area contributed by atoms with Crippen LogP contribution in [0, 0.1) is 0 Å². The van der Waals surface area contributed by atoms with Gasteiger partial charge in [0, 0.05) is 6.42 Å². The van der Waals surface area contributed by atoms with E-state index in [1.54, 1.807) is 19.2 Å². The minimum absolute atomic E-state index is 0.0115. The van der Waals surface area contributed by atoms with Gasteiger partial charge < -0.3 is 14.9 Å². The topological polar surface area (TPSA) is 101 Å². The summed E-state index contributed by atoms with van der Waals surface area (Å²) in [5.74, 6) is 0.325. The number of H-pyrrole nitrogens is 1. The molecular weight excluding hydrogens is 427 g/mol. The number of rotatable bonds is 5. The van der Waals surface area contributed by atoms with Crippen molar-refractivity contribution in [3.63, 3.8) is 0 Å². The lowest BCUT2D eigenvalue weighted by Crippen LogP contribution is -2.28. The van der Waals surface area contributed by atoms with Crippen molar-refractivity contribution >= 4 is 28.5 Å². The first-order valence-electron chi connectivity index (χ1n) is 9.97. The number of methoxy groups -OCH3 is 1. The summed E-state index contributed by atoms with van der Waals surface area (Å²) in [6, 6.07) is 8.23. The lowest BCUT2D eigenvalue weighted by Gasteiger charge is -2.11. The number of aromatic nitrogens is 3. The molecule has 2 aromatic heterocycles. The van der Waals surface area contributed by atoms with Gasteiger partial charge in [0.2, 0.25) is 6.10 Å². The average Bonchev–Trinajstić information content (AvgIpc) is 3.36. The molecule has 0 spiro atoms. The number of nitrogens with zero attached hydrogens (tertiary/aromatic N) is 3. The quantitative estimate of drug-likeness (QED) is 0.618. The van der Waals surface area contributed by atoms with Crippen molar-refractivity contribution in [3.8, 4) is 5.75 Å². The van der Waals surface area contributed by atoms with Gasteiger partial charge in [-0.3, -0.25) is 9.89 Å². The molecule has 0 bridgehead atoms. The fourth-order valence-electron chi connectivity index (χ4n) is 3.68. The molecule has 3 aromatic rings. The van der Waals surface area contributed by atoms with Gasteiger partial charge in [0.1, 0.15) is 11.4 Å². The maximum Gasteiger partial charge on any atom is 0.433 e. The standard InChI is InChI=1S/C21H18F3N5O3/c1-31-12-6-4-11(5-7-12)14-9-15(32-29-14)20(30)26-19-17-13(10-2-3-10)8-16(21(22,23)24)25-18(17)27-28-19/h4-8,10,15H,2-3,9H2,1H3,(H2,25,26,27,28,30). The van der Waals surface area contributed by atoms with Crippen LogP contribution in [0.15, 0.2) is 35.5 Å². The molecule has 1 unspecified atom stereocenters. The molecule has 1 amide bonds. The van der Waals surface area contributed by atoms with E-state index in [1.807, 2.05) is 12.1 Å². The maximum absolute atomic E-state index is 13.2. The average molecular weight is 445 g/mol. The molecule has 166 valence electrons. The maximum atomic E-state index is 13.2. The summed E-state index contributed by atoms with van der Waals surface area (Å²) in [5.41, 5.74) is 0.888. The summed E-state index contributed by atoms with van der Waals surface area (Å²) >= 11 is 0. The molecule has 8 nitrogen and oxygen atoms in total. The number of halogens is 3. The lowest BCUT2D eigenvalue weighted by molar-refractivity contribution is -0.141. The fourth-order valence-corrected chi connectivity index (χ4v) is 3.68. The molecular formula is C21H18F3N5O3. The second-order valence-corrected chi connectivity index (χ2v) is 7.72. The Labute approximate surface area is 179 Å². The number of benzene rings is 1. The van der Waals surface area contributed by atoms with Crippen molar-refractivity contribution in [2.24, 2.45) is 5.16 Å². The van der Waals surface area contributed by atoms with Gasteiger partial charge in [-0.25, -0.2) is 4.98 Å². The van der Waals surface area contributed by atoms with Gasteiger partial charge in [0.05, 0.1) is 18.2 Å². The smallest absolute Gasteiger partial charge is 0.433 e. The summed E-state index contributed by atoms with van der Waals surface area (Å²) in [4.78, 5) is 21.7. The van der Waals surface area contributed by atoms with Crippen LogP contribution in [-0.4, -0.2) is 40.0 Å². The van der Waals surface area contributed by atoms with Gasteiger partial charge in [0.25, 0.3) is 5.91 Å². The number of ether oxygens (including phenoxy) is 1. The molecule has 0 radical (unpaired) electrons. The Balaban J connectivity index is 1.35. The van der Waals surface area contributed by atoms with Crippen LogP contribution >= 0.6 is 0 Å². The monoisotopic (exact) mass is 445 g/mol. The van der Waals surface area contributed by atoms with E-state index in [0.717, 1.165) is 24.5 Å². The van der Waals surface area contributed by atoms with Crippen molar-refractivity contribution in [3.05, 3.63) is 47.2 Å². The van der Waals surface area contributed by atoms with Crippen LogP contribution in [0.3, 0.4) is 0 Å². The van der Waals surface area contributed by atoms with E-state index in [9.17, 15) is 18.0 Å². The van der Waals surface area contributed by atoms with Gasteiger partial charge in [-0.1, -0.05) is 5.16 Å². The number of aromatic amines is 1. The van der Waals surface area contributed by atoms with Crippen molar-refractivity contribution in [1.82, 2.24) is 15.2 Å². The molecule has 3 heterocycles. The lowest BCUT2D eigenvalue weighted by atomic mass is 10.0. The van der Waals surface area contributed by atoms with Gasteiger partial charge in [-0.15, -0.1) is 0 Å². The number of oxime groups is 1. The summed E-state index contributed by atoms with van der Waals surface area (Å²) in [5, 5.41) is 13.6. The second kappa shape index (κ2) is 7.50. The van der Waals surface area contributed by atoms with E-state index in [1.165, 1.54) is 0 Å². The van der Waals surface area contributed by atoms with Crippen molar-refractivity contribution in [2.75, 3.05) is 12.4 Å². The van der Waals surface area contributed by atoms with Crippen molar-refractivity contribution in [1.29, 1.82) is 0 Å². The molecule has 1 atom stereocenters. The molecule has 1 saturated carbocycles. The first-order chi connectivity index (χ1) is 15.3. The van der Waals surface area contributed by atoms with Crippen LogP contribution in [-0.2, 0) is 15.8 Å². The van der Waals surface area contributed by atoms with Crippen LogP contribution in [0.4, 0.5) is 19.0 Å². The summed E-state index contributed by atoms with van der Waals surface area (Å²) in [6.45, 7) is 0. The number of fused-ring (bicyclic) bond motifs is 1. The number of carbonyl (C=O) groups is 1. The summed E-state index contributed by atoms with van der Waals surface area (Å²) in [7, 11) is 1.57. The van der Waals surface area contributed by atoms with E-state index in [-0.39, 0.29) is 23.8 Å². The van der Waals surface area contributed by atoms with E-state index in [4.69, 9.17) is 9.57 Å². The Kier molecular flexibility index (Phi) is 4.75. The Bertz CT molecular complexity index is 1220. The molecule has 0 saturated heterocycles. The van der Waals surface area contributed by atoms with Gasteiger partial charge >= 0.3 is 6.18 Å². The Morgan fingerprint density at radius 2 is 2.00 bits per heavy atom. The molecule has 1 aliphatic carbocycles. The highest BCUT2D eigenvalue weighted by atomic mass is 19.4. The van der Waals surface area contributed by atoms with E-state index in [2.05, 4.69) is 25.7 Å². The molecule has 1 aromatic carbocycles. The van der Waals surface area contributed by atoms with Gasteiger partial charge in [-0.05, 0) is 60.2 Å². The first-order valence-corrected chi connectivity index (χ1v) is 9.97. The number of amides is 1. The number of alkyl halides is 3. The molecule has 2 N–H and O–H groups in total. The van der Waals surface area contributed by atoms with Crippen molar-refractivity contribution in [2.45, 2.75) is 37.5 Å². The third-order valence-corrected chi connectivity index (χ3v) is 5.49. The van der Waals surface area contributed by atoms with Crippen LogP contribution < -0.4 is 10.1 Å². The zero-order chi connectivity index (χ0) is 22.5. The minimum Gasteiger partial charge on any atom is -0.497 e. The number of hydrogen-bond acceptors (Lipinski definition) is 6. The largest absolute Gasteiger partial charge is 0.497 e. The third-order valence-electron chi connectivity index (χ3n) is 5.49. The zero-order valence-electron chi connectivity index (χ0n) is 16.9. The SMILES string of the molecule is COc1ccc(C2=NOC(C(=O)Nc3n[nH]c4nc(C(F)(F)F)cc(C5CC5)c34)C2)cc1. The Hall–Kier alpha value is -3.63. The zero-order valence-corrected chi connectivity index (χ0v) is 16.9. The highest BCUT2D eigenvalue weighted by Crippen LogP contribution is 2.46. The predicted octanol–water partition coefficient (Wildman–Crippen LogP) is 3.99. The number of carbonyl (C=O) groups excluding carboxylic acids is 1. The van der Waals surface area contributed by atoms with Crippen molar-refractivity contribution < 1.29 is 27.5 Å². The Morgan fingerprint density at radius 1 is 1.25 bits per heavy atom. The predicted molar refractivity (Wildman–Crippen MR) is 109 cm³/mol. The minimum atomic E-state index is -4.57. The van der Waals surface area contributed by atoms with Gasteiger partial charge in [0.15, 0.2) is 11.5 Å². The number of hydrogen-bond donors (Lipinski definition) is 2. The first kappa shape index (κ1) is 20.3. The number of nitrogens with one attached hydrogen (secondary N) is 2. The second-order valence-electron chi connectivity index (χ2n) is 7.72. The highest BCUT2D eigenvalue weighted by molar-refractivity contribution is 6.07. The van der Waals surface area contributed by atoms with Crippen LogP contribution in [0.2, 0.25) is 0 Å². The molecule has 32 heavy (non-hydrogen) atoms. The third kappa shape index (κ3) is 3.74. The highest BCUT2D eigenvalue weighted by Gasteiger charge is 2.37. The summed E-state index contributed by atoms with van der Waals surface area (Å²) in [6.07, 6.45) is -3.66. The van der Waals surface area contributed by atoms with E-state index in [0.29, 0.717) is 22.4 Å². The Morgan fingerprint density at radius 3 is 2.66 bits per heavy atom. The molecule has 1 aliphatic heterocycles. The molecule has 11 heteroatoms. The van der Waals surface area contributed by atoms with E-state index >= 15 is 0 Å².